The molecule has 0 bridgehead atoms. The van der Waals surface area contributed by atoms with Gasteiger partial charge in [0.1, 0.15) is 0 Å². The largest absolute Gasteiger partial charge is 0.465 e. The summed E-state index contributed by atoms with van der Waals surface area (Å²) in [7, 11) is 1.37. The van der Waals surface area contributed by atoms with Crippen molar-refractivity contribution >= 4 is 35.9 Å². The number of carbonyl (C=O) groups is 1. The Morgan fingerprint density at radius 2 is 2.24 bits per heavy atom. The van der Waals surface area contributed by atoms with Gasteiger partial charge in [-0.1, -0.05) is 18.6 Å². The molecule has 1 fully saturated rings. The zero-order valence-electron chi connectivity index (χ0n) is 12.2. The lowest BCUT2D eigenvalue weighted by Gasteiger charge is -2.25. The molecule has 0 unspecified atom stereocenters. The van der Waals surface area contributed by atoms with Gasteiger partial charge >= 0.3 is 5.97 Å². The smallest absolute Gasteiger partial charge is 0.337 e. The summed E-state index contributed by atoms with van der Waals surface area (Å²) in [6.45, 7) is 1.35. The van der Waals surface area contributed by atoms with Crippen LogP contribution in [0.3, 0.4) is 0 Å². The number of methoxy groups -OCH3 is 1. The van der Waals surface area contributed by atoms with Crippen molar-refractivity contribution in [3.63, 3.8) is 0 Å². The van der Waals surface area contributed by atoms with Crippen molar-refractivity contribution in [1.82, 2.24) is 5.32 Å². The second-order valence-corrected chi connectivity index (χ2v) is 5.07. The van der Waals surface area contributed by atoms with Crippen molar-refractivity contribution in [3.05, 3.63) is 35.4 Å². The third-order valence-corrected chi connectivity index (χ3v) is 3.58. The van der Waals surface area contributed by atoms with E-state index in [1.807, 2.05) is 12.1 Å². The van der Waals surface area contributed by atoms with Crippen LogP contribution in [-0.4, -0.2) is 25.6 Å². The normalized spacial score (nSPS) is 14.8. The van der Waals surface area contributed by atoms with E-state index in [-0.39, 0.29) is 29.9 Å². The highest BCUT2D eigenvalue weighted by Crippen LogP contribution is 2.24. The molecule has 1 aromatic carbocycles. The van der Waals surface area contributed by atoms with Crippen LogP contribution in [-0.2, 0) is 11.3 Å². The van der Waals surface area contributed by atoms with Crippen molar-refractivity contribution < 1.29 is 9.53 Å². The van der Waals surface area contributed by atoms with Crippen LogP contribution in [0.25, 0.3) is 0 Å². The Morgan fingerprint density at radius 3 is 2.86 bits per heavy atom. The molecule has 1 aliphatic carbocycles. The Bertz CT molecular complexity index is 501. The van der Waals surface area contributed by atoms with Gasteiger partial charge in [0, 0.05) is 6.54 Å². The molecular weight excluding hydrogens is 381 g/mol. The topological polar surface area (TPSA) is 76.7 Å². The predicted octanol–water partition coefficient (Wildman–Crippen LogP) is 2.30. The highest BCUT2D eigenvalue weighted by atomic mass is 127. The standard InChI is InChI=1S/C15H21N3O2.HI/c1-20-14(19)13-7-3-6-12(8-13)10-18-15(16)17-9-11-4-2-5-11;/h3,6-8,11H,2,4-5,9-10H2,1H3,(H3,16,17,18);1H. The molecule has 5 nitrogen and oxygen atoms in total. The Balaban J connectivity index is 0.00000220. The molecule has 116 valence electrons. The maximum Gasteiger partial charge on any atom is 0.337 e. The third kappa shape index (κ3) is 5.53. The molecule has 21 heavy (non-hydrogen) atoms. The molecule has 3 N–H and O–H groups in total. The van der Waals surface area contributed by atoms with Crippen molar-refractivity contribution in [1.29, 1.82) is 0 Å². The number of guanidine groups is 1. The van der Waals surface area contributed by atoms with Gasteiger partial charge in [0.05, 0.1) is 19.2 Å². The van der Waals surface area contributed by atoms with Crippen molar-refractivity contribution in [2.24, 2.45) is 16.6 Å². The summed E-state index contributed by atoms with van der Waals surface area (Å²) >= 11 is 0. The first-order valence-electron chi connectivity index (χ1n) is 6.90. The lowest BCUT2D eigenvalue weighted by molar-refractivity contribution is 0.0600. The molecule has 2 rings (SSSR count). The van der Waals surface area contributed by atoms with Crippen LogP contribution in [0, 0.1) is 5.92 Å². The molecule has 0 atom stereocenters. The first-order chi connectivity index (χ1) is 9.69. The number of benzene rings is 1. The Kier molecular flexibility index (Phi) is 7.49. The van der Waals surface area contributed by atoms with E-state index in [9.17, 15) is 4.79 Å². The molecule has 0 aliphatic heterocycles. The molecule has 0 radical (unpaired) electrons. The summed E-state index contributed by atoms with van der Waals surface area (Å²) in [6.07, 6.45) is 3.88. The van der Waals surface area contributed by atoms with Gasteiger partial charge in [0.2, 0.25) is 0 Å². The van der Waals surface area contributed by atoms with E-state index < -0.39 is 0 Å². The van der Waals surface area contributed by atoms with Crippen LogP contribution in [0.15, 0.2) is 29.3 Å². The molecule has 1 aromatic rings. The van der Waals surface area contributed by atoms with E-state index in [2.05, 4.69) is 15.0 Å². The fourth-order valence-corrected chi connectivity index (χ4v) is 2.09. The number of hydrogen-bond acceptors (Lipinski definition) is 3. The van der Waals surface area contributed by atoms with Gasteiger partial charge in [-0.25, -0.2) is 9.79 Å². The summed E-state index contributed by atoms with van der Waals surface area (Å²) in [5.41, 5.74) is 7.28. The van der Waals surface area contributed by atoms with Crippen molar-refractivity contribution in [2.75, 3.05) is 13.7 Å². The molecule has 0 saturated heterocycles. The Labute approximate surface area is 142 Å². The predicted molar refractivity (Wildman–Crippen MR) is 93.9 cm³/mol. The quantitative estimate of drug-likeness (QED) is 0.342. The summed E-state index contributed by atoms with van der Waals surface area (Å²) in [4.78, 5) is 15.7. The van der Waals surface area contributed by atoms with Gasteiger partial charge in [-0.2, -0.15) is 0 Å². The first-order valence-corrected chi connectivity index (χ1v) is 6.90. The fraction of sp³-hybridized carbons (Fsp3) is 0.467. The Morgan fingerprint density at radius 1 is 1.48 bits per heavy atom. The molecule has 6 heteroatoms. The molecule has 1 saturated carbocycles. The van der Waals surface area contributed by atoms with E-state index >= 15 is 0 Å². The number of nitrogens with two attached hydrogens (primary N) is 1. The lowest BCUT2D eigenvalue weighted by atomic mass is 9.85. The van der Waals surface area contributed by atoms with Gasteiger partial charge in [-0.05, 0) is 36.5 Å². The molecule has 1 aliphatic rings. The zero-order valence-corrected chi connectivity index (χ0v) is 14.5. The van der Waals surface area contributed by atoms with Gasteiger partial charge in [-0.3, -0.25) is 0 Å². The van der Waals surface area contributed by atoms with E-state index in [4.69, 9.17) is 5.73 Å². The van der Waals surface area contributed by atoms with Crippen LogP contribution in [0.5, 0.6) is 0 Å². The van der Waals surface area contributed by atoms with Crippen LogP contribution < -0.4 is 11.1 Å². The summed E-state index contributed by atoms with van der Waals surface area (Å²) in [5, 5.41) is 3.14. The van der Waals surface area contributed by atoms with Crippen LogP contribution in [0.4, 0.5) is 0 Å². The minimum atomic E-state index is -0.341. The van der Waals surface area contributed by atoms with E-state index in [1.165, 1.54) is 26.4 Å². The lowest BCUT2D eigenvalue weighted by Crippen LogP contribution is -2.37. The van der Waals surface area contributed by atoms with Gasteiger partial charge in [-0.15, -0.1) is 24.0 Å². The van der Waals surface area contributed by atoms with Gasteiger partial charge < -0.3 is 15.8 Å². The Hall–Kier alpha value is -1.31. The molecule has 0 aromatic heterocycles. The number of esters is 1. The van der Waals surface area contributed by atoms with Crippen LogP contribution in [0.1, 0.15) is 35.2 Å². The van der Waals surface area contributed by atoms with Gasteiger partial charge in [0.15, 0.2) is 5.96 Å². The monoisotopic (exact) mass is 403 g/mol. The summed E-state index contributed by atoms with van der Waals surface area (Å²) < 4.78 is 4.69. The fourth-order valence-electron chi connectivity index (χ4n) is 2.09. The highest BCUT2D eigenvalue weighted by Gasteiger charge is 2.16. The first kappa shape index (κ1) is 17.7. The SMILES string of the molecule is COC(=O)c1cccc(CN=C(N)NCC2CCC2)c1.I. The van der Waals surface area contributed by atoms with Crippen LogP contribution >= 0.6 is 24.0 Å². The second kappa shape index (κ2) is 8.86. The number of nitrogens with zero attached hydrogens (tertiary/aromatic N) is 1. The van der Waals surface area contributed by atoms with Gasteiger partial charge in [0.25, 0.3) is 0 Å². The van der Waals surface area contributed by atoms with Crippen molar-refractivity contribution in [3.8, 4) is 0 Å². The molecule has 0 spiro atoms. The summed E-state index contributed by atoms with van der Waals surface area (Å²) in [6, 6.07) is 7.22. The number of carbonyl (C=O) groups excluding carboxylic acids is 1. The van der Waals surface area contributed by atoms with E-state index in [0.717, 1.165) is 18.0 Å². The highest BCUT2D eigenvalue weighted by molar-refractivity contribution is 14.0. The number of aliphatic imine (C=N–C) groups is 1. The summed E-state index contributed by atoms with van der Waals surface area (Å²) in [5.74, 6) is 0.860. The third-order valence-electron chi connectivity index (χ3n) is 3.58. The van der Waals surface area contributed by atoms with Crippen molar-refractivity contribution in [2.45, 2.75) is 25.8 Å². The molecular formula is C15H22IN3O2. The number of hydrogen-bond donors (Lipinski definition) is 2. The number of rotatable bonds is 5. The number of nitrogens with one attached hydrogen (secondary N) is 1. The number of halogens is 1. The van der Waals surface area contributed by atoms with E-state index in [0.29, 0.717) is 18.1 Å². The maximum atomic E-state index is 11.4. The van der Waals surface area contributed by atoms with Crippen LogP contribution in [0.2, 0.25) is 0 Å². The number of ether oxygens (including phenoxy) is 1. The minimum absolute atomic E-state index is 0. The molecule has 0 heterocycles. The average Bonchev–Trinajstić information content (AvgIpc) is 2.43. The zero-order chi connectivity index (χ0) is 14.4. The second-order valence-electron chi connectivity index (χ2n) is 5.07. The van der Waals surface area contributed by atoms with E-state index in [1.54, 1.807) is 12.1 Å². The average molecular weight is 403 g/mol. The molecule has 0 amide bonds. The minimum Gasteiger partial charge on any atom is -0.465 e. The maximum absolute atomic E-state index is 11.4.